The van der Waals surface area contributed by atoms with Crippen molar-refractivity contribution in [2.45, 2.75) is 45.6 Å². The van der Waals surface area contributed by atoms with Gasteiger partial charge in [-0.1, -0.05) is 12.1 Å². The fourth-order valence-corrected chi connectivity index (χ4v) is 3.90. The van der Waals surface area contributed by atoms with Crippen LogP contribution in [0.2, 0.25) is 0 Å². The van der Waals surface area contributed by atoms with Crippen LogP contribution in [0.5, 0.6) is 0 Å². The van der Waals surface area contributed by atoms with Gasteiger partial charge in [0.1, 0.15) is 0 Å². The molecule has 1 N–H and O–H groups in total. The van der Waals surface area contributed by atoms with Crippen molar-refractivity contribution in [2.75, 3.05) is 31.5 Å². The van der Waals surface area contributed by atoms with E-state index in [1.54, 1.807) is 0 Å². The van der Waals surface area contributed by atoms with E-state index >= 15 is 0 Å². The third-order valence-electron chi connectivity index (χ3n) is 5.28. The molecular formula is C20H29N3O2. The summed E-state index contributed by atoms with van der Waals surface area (Å²) in [6.45, 7) is 6.44. The number of anilines is 1. The first-order valence-electron chi connectivity index (χ1n) is 9.47. The molecule has 25 heavy (non-hydrogen) atoms. The Hall–Kier alpha value is -1.88. The molecule has 0 atom stereocenters. The van der Waals surface area contributed by atoms with Crippen LogP contribution in [0.4, 0.5) is 5.69 Å². The minimum absolute atomic E-state index is 0.0411. The van der Waals surface area contributed by atoms with Gasteiger partial charge in [-0.05, 0) is 62.4 Å². The number of hydrogen-bond acceptors (Lipinski definition) is 3. The fraction of sp³-hybridized carbons (Fsp3) is 0.600. The number of piperidine rings is 1. The van der Waals surface area contributed by atoms with E-state index < -0.39 is 0 Å². The lowest BCUT2D eigenvalue weighted by Gasteiger charge is -2.32. The Morgan fingerprint density at radius 2 is 1.84 bits per heavy atom. The van der Waals surface area contributed by atoms with Crippen LogP contribution in [0.1, 0.15) is 44.6 Å². The second kappa shape index (κ2) is 8.48. The summed E-state index contributed by atoms with van der Waals surface area (Å²) in [5, 5.41) is 2.84. The minimum Gasteiger partial charge on any atom is -0.343 e. The van der Waals surface area contributed by atoms with E-state index in [-0.39, 0.29) is 5.91 Å². The molecule has 136 valence electrons. The Balaban J connectivity index is 1.44. The summed E-state index contributed by atoms with van der Waals surface area (Å²) in [4.78, 5) is 28.0. The summed E-state index contributed by atoms with van der Waals surface area (Å²) < 4.78 is 0. The highest BCUT2D eigenvalue weighted by Crippen LogP contribution is 2.24. The molecule has 5 nitrogen and oxygen atoms in total. The zero-order chi connectivity index (χ0) is 17.6. The predicted octanol–water partition coefficient (Wildman–Crippen LogP) is 2.87. The van der Waals surface area contributed by atoms with Crippen molar-refractivity contribution in [2.24, 2.45) is 5.92 Å². The van der Waals surface area contributed by atoms with Crippen molar-refractivity contribution in [3.05, 3.63) is 29.8 Å². The Morgan fingerprint density at radius 1 is 1.12 bits per heavy atom. The highest BCUT2D eigenvalue weighted by atomic mass is 16.2. The molecule has 1 aromatic rings. The molecule has 0 spiro atoms. The Morgan fingerprint density at radius 3 is 2.52 bits per heavy atom. The number of carbonyl (C=O) groups is 2. The largest absolute Gasteiger partial charge is 0.343 e. The number of likely N-dealkylation sites (tertiary alicyclic amines) is 2. The summed E-state index contributed by atoms with van der Waals surface area (Å²) >= 11 is 0. The van der Waals surface area contributed by atoms with E-state index in [9.17, 15) is 9.59 Å². The average Bonchev–Trinajstić information content (AvgIpc) is 3.11. The molecule has 2 heterocycles. The molecule has 2 fully saturated rings. The molecule has 0 radical (unpaired) electrons. The molecule has 3 rings (SSSR count). The van der Waals surface area contributed by atoms with Crippen LogP contribution in [0.25, 0.3) is 0 Å². The summed E-state index contributed by atoms with van der Waals surface area (Å²) in [6.07, 6.45) is 5.27. The third-order valence-corrected chi connectivity index (χ3v) is 5.28. The third kappa shape index (κ3) is 5.30. The molecule has 2 saturated heterocycles. The lowest BCUT2D eigenvalue weighted by molar-refractivity contribution is -0.131. The lowest BCUT2D eigenvalue weighted by atomic mass is 9.92. The van der Waals surface area contributed by atoms with Crippen molar-refractivity contribution >= 4 is 17.5 Å². The van der Waals surface area contributed by atoms with Gasteiger partial charge in [0.25, 0.3) is 0 Å². The smallest absolute Gasteiger partial charge is 0.222 e. The van der Waals surface area contributed by atoms with Crippen molar-refractivity contribution in [1.82, 2.24) is 9.80 Å². The Bertz CT molecular complexity index is 603. The standard InChI is InChI=1S/C20H29N3O2/c1-16(24)21-19-6-4-5-18(13-19)15-22-11-7-17(8-12-22)14-20(25)23-9-2-3-10-23/h4-6,13,17H,2-3,7-12,14-15H2,1H3,(H,21,24). The van der Waals surface area contributed by atoms with Crippen LogP contribution in [0.15, 0.2) is 24.3 Å². The number of amides is 2. The molecule has 0 saturated carbocycles. The van der Waals surface area contributed by atoms with E-state index in [0.717, 1.165) is 57.7 Å². The number of carbonyl (C=O) groups excluding carboxylic acids is 2. The van der Waals surface area contributed by atoms with Gasteiger partial charge in [0.05, 0.1) is 0 Å². The molecule has 1 aromatic carbocycles. The number of benzene rings is 1. The SMILES string of the molecule is CC(=O)Nc1cccc(CN2CCC(CC(=O)N3CCCC3)CC2)c1. The van der Waals surface area contributed by atoms with Crippen LogP contribution < -0.4 is 5.32 Å². The maximum absolute atomic E-state index is 12.3. The number of rotatable bonds is 5. The molecule has 2 aliphatic rings. The highest BCUT2D eigenvalue weighted by molar-refractivity contribution is 5.88. The van der Waals surface area contributed by atoms with Gasteiger partial charge in [0.15, 0.2) is 0 Å². The normalized spacial score (nSPS) is 19.2. The van der Waals surface area contributed by atoms with E-state index in [1.165, 1.54) is 25.3 Å². The maximum atomic E-state index is 12.3. The van der Waals surface area contributed by atoms with E-state index in [1.807, 2.05) is 23.1 Å². The summed E-state index contributed by atoms with van der Waals surface area (Å²) in [5.41, 5.74) is 2.08. The second-order valence-electron chi connectivity index (χ2n) is 7.39. The van der Waals surface area contributed by atoms with Crippen molar-refractivity contribution < 1.29 is 9.59 Å². The first kappa shape index (κ1) is 17.9. The molecule has 0 bridgehead atoms. The van der Waals surface area contributed by atoms with Crippen LogP contribution >= 0.6 is 0 Å². The monoisotopic (exact) mass is 343 g/mol. The molecule has 5 heteroatoms. The zero-order valence-corrected chi connectivity index (χ0v) is 15.2. The average molecular weight is 343 g/mol. The van der Waals surface area contributed by atoms with Gasteiger partial charge in [-0.2, -0.15) is 0 Å². The van der Waals surface area contributed by atoms with E-state index in [0.29, 0.717) is 11.8 Å². The predicted molar refractivity (Wildman–Crippen MR) is 99.2 cm³/mol. The van der Waals surface area contributed by atoms with Gasteiger partial charge in [-0.15, -0.1) is 0 Å². The summed E-state index contributed by atoms with van der Waals surface area (Å²) in [6, 6.07) is 8.06. The van der Waals surface area contributed by atoms with Gasteiger partial charge in [-0.25, -0.2) is 0 Å². The lowest BCUT2D eigenvalue weighted by Crippen LogP contribution is -2.36. The topological polar surface area (TPSA) is 52.7 Å². The van der Waals surface area contributed by atoms with E-state index in [2.05, 4.69) is 16.3 Å². The molecule has 0 aliphatic carbocycles. The van der Waals surface area contributed by atoms with Crippen molar-refractivity contribution in [1.29, 1.82) is 0 Å². The first-order valence-corrected chi connectivity index (χ1v) is 9.47. The zero-order valence-electron chi connectivity index (χ0n) is 15.2. The fourth-order valence-electron chi connectivity index (χ4n) is 3.90. The first-order chi connectivity index (χ1) is 12.1. The molecule has 0 unspecified atom stereocenters. The van der Waals surface area contributed by atoms with Crippen LogP contribution in [0.3, 0.4) is 0 Å². The summed E-state index contributed by atoms with van der Waals surface area (Å²) in [5.74, 6) is 0.856. The van der Waals surface area contributed by atoms with Crippen molar-refractivity contribution in [3.63, 3.8) is 0 Å². The van der Waals surface area contributed by atoms with Crippen molar-refractivity contribution in [3.8, 4) is 0 Å². The summed E-state index contributed by atoms with van der Waals surface area (Å²) in [7, 11) is 0. The Labute approximate surface area is 150 Å². The highest BCUT2D eigenvalue weighted by Gasteiger charge is 2.25. The second-order valence-corrected chi connectivity index (χ2v) is 7.39. The molecular weight excluding hydrogens is 314 g/mol. The molecule has 2 amide bonds. The number of hydrogen-bond donors (Lipinski definition) is 1. The molecule has 2 aliphatic heterocycles. The minimum atomic E-state index is -0.0411. The van der Waals surface area contributed by atoms with Gasteiger partial charge >= 0.3 is 0 Å². The Kier molecular flexibility index (Phi) is 6.08. The van der Waals surface area contributed by atoms with Gasteiger partial charge in [0.2, 0.25) is 11.8 Å². The quantitative estimate of drug-likeness (QED) is 0.894. The van der Waals surface area contributed by atoms with E-state index in [4.69, 9.17) is 0 Å². The van der Waals surface area contributed by atoms with Crippen LogP contribution in [-0.2, 0) is 16.1 Å². The van der Waals surface area contributed by atoms with Gasteiger partial charge in [0, 0.05) is 38.7 Å². The molecule has 0 aromatic heterocycles. The van der Waals surface area contributed by atoms with Crippen LogP contribution in [0, 0.1) is 5.92 Å². The number of nitrogens with one attached hydrogen (secondary N) is 1. The van der Waals surface area contributed by atoms with Crippen LogP contribution in [-0.4, -0.2) is 47.8 Å². The van der Waals surface area contributed by atoms with Gasteiger partial charge in [-0.3, -0.25) is 14.5 Å². The number of nitrogens with zero attached hydrogens (tertiary/aromatic N) is 2. The van der Waals surface area contributed by atoms with Gasteiger partial charge < -0.3 is 10.2 Å². The maximum Gasteiger partial charge on any atom is 0.222 e.